The van der Waals surface area contributed by atoms with Crippen LogP contribution in [0.5, 0.6) is 0 Å². The average Bonchev–Trinajstić information content (AvgIpc) is 2.95. The van der Waals surface area contributed by atoms with Gasteiger partial charge in [0.1, 0.15) is 0 Å². The Morgan fingerprint density at radius 2 is 2.18 bits per heavy atom. The van der Waals surface area contributed by atoms with E-state index in [1.165, 1.54) is 24.6 Å². The van der Waals surface area contributed by atoms with E-state index in [2.05, 4.69) is 22.4 Å². The molecule has 1 aromatic carbocycles. The highest BCUT2D eigenvalue weighted by Gasteiger charge is 2.14. The summed E-state index contributed by atoms with van der Waals surface area (Å²) in [6.07, 6.45) is 4.36. The zero-order chi connectivity index (χ0) is 15.4. The maximum absolute atomic E-state index is 11.9. The van der Waals surface area contributed by atoms with Crippen molar-refractivity contribution in [3.05, 3.63) is 24.3 Å². The average molecular weight is 333 g/mol. The van der Waals surface area contributed by atoms with E-state index in [0.29, 0.717) is 5.75 Å². The molecule has 116 valence electrons. The van der Waals surface area contributed by atoms with Crippen molar-refractivity contribution in [1.82, 2.24) is 10.4 Å². The van der Waals surface area contributed by atoms with Crippen LogP contribution < -0.4 is 5.43 Å². The van der Waals surface area contributed by atoms with Crippen LogP contribution in [0.4, 0.5) is 0 Å². The number of hydrogen-bond donors (Lipinski definition) is 1. The quantitative estimate of drug-likeness (QED) is 0.678. The van der Waals surface area contributed by atoms with E-state index >= 15 is 0 Å². The van der Waals surface area contributed by atoms with Crippen LogP contribution in [0.2, 0.25) is 0 Å². The molecule has 4 nitrogen and oxygen atoms in total. The molecule has 1 fully saturated rings. The number of thiazole rings is 1. The highest BCUT2D eigenvalue weighted by Crippen LogP contribution is 2.29. The Labute approximate surface area is 138 Å². The van der Waals surface area contributed by atoms with Gasteiger partial charge in [0.25, 0.3) is 5.91 Å². The van der Waals surface area contributed by atoms with E-state index < -0.39 is 0 Å². The summed E-state index contributed by atoms with van der Waals surface area (Å²) < 4.78 is 2.08. The molecule has 22 heavy (non-hydrogen) atoms. The molecular formula is C16H19N3OS2. The Bertz CT molecular complexity index is 653. The summed E-state index contributed by atoms with van der Waals surface area (Å²) in [5, 5.41) is 4.26. The number of benzene rings is 1. The zero-order valence-corrected chi connectivity index (χ0v) is 14.2. The first-order valence-electron chi connectivity index (χ1n) is 7.53. The fraction of sp³-hybridized carbons (Fsp3) is 0.438. The second kappa shape index (κ2) is 7.24. The van der Waals surface area contributed by atoms with Gasteiger partial charge in [-0.15, -0.1) is 11.3 Å². The van der Waals surface area contributed by atoms with Gasteiger partial charge in [-0.05, 0) is 43.7 Å². The van der Waals surface area contributed by atoms with E-state index in [4.69, 9.17) is 0 Å². The van der Waals surface area contributed by atoms with Crippen molar-refractivity contribution >= 4 is 44.9 Å². The summed E-state index contributed by atoms with van der Waals surface area (Å²) in [5.41, 5.74) is 4.79. The minimum atomic E-state index is -0.0598. The first-order valence-corrected chi connectivity index (χ1v) is 9.33. The Kier molecular flexibility index (Phi) is 5.10. The van der Waals surface area contributed by atoms with Gasteiger partial charge in [0.05, 0.1) is 16.0 Å². The van der Waals surface area contributed by atoms with Crippen molar-refractivity contribution in [2.75, 3.05) is 5.75 Å². The number of aromatic nitrogens is 1. The molecular weight excluding hydrogens is 314 g/mol. The van der Waals surface area contributed by atoms with Crippen LogP contribution in [0.15, 0.2) is 33.7 Å². The number of hydrazone groups is 1. The standard InChI is InChI=1S/C16H19N3OS2/c1-11-6-8-12(9-7-11)18-19-15(20)10-21-16-17-13-4-2-3-5-14(13)22-16/h2-5,11H,6-10H2,1H3,(H,19,20). The number of amides is 1. The van der Waals surface area contributed by atoms with Gasteiger partial charge in [-0.2, -0.15) is 5.10 Å². The van der Waals surface area contributed by atoms with Crippen LogP contribution >= 0.6 is 23.1 Å². The smallest absolute Gasteiger partial charge is 0.250 e. The number of para-hydroxylation sites is 1. The highest BCUT2D eigenvalue weighted by atomic mass is 32.2. The van der Waals surface area contributed by atoms with Gasteiger partial charge >= 0.3 is 0 Å². The lowest BCUT2D eigenvalue weighted by Crippen LogP contribution is -2.23. The number of thioether (sulfide) groups is 1. The molecule has 1 aliphatic rings. The lowest BCUT2D eigenvalue weighted by Gasteiger charge is -2.18. The molecule has 0 atom stereocenters. The van der Waals surface area contributed by atoms with Crippen LogP contribution in [0.25, 0.3) is 10.2 Å². The van der Waals surface area contributed by atoms with Gasteiger partial charge < -0.3 is 0 Å². The van der Waals surface area contributed by atoms with E-state index in [1.807, 2.05) is 24.3 Å². The minimum absolute atomic E-state index is 0.0598. The number of hydrogen-bond acceptors (Lipinski definition) is 5. The Hall–Kier alpha value is -1.40. The second-order valence-electron chi connectivity index (χ2n) is 5.63. The SMILES string of the molecule is CC1CCC(=NNC(=O)CSc2nc3ccccc3s2)CC1. The van der Waals surface area contributed by atoms with Gasteiger partial charge in [-0.3, -0.25) is 4.79 Å². The van der Waals surface area contributed by atoms with E-state index in [9.17, 15) is 4.79 Å². The molecule has 1 aliphatic carbocycles. The third-order valence-corrected chi connectivity index (χ3v) is 5.97. The van der Waals surface area contributed by atoms with Crippen molar-refractivity contribution in [2.24, 2.45) is 11.0 Å². The molecule has 0 saturated heterocycles. The topological polar surface area (TPSA) is 54.4 Å². The molecule has 0 spiro atoms. The van der Waals surface area contributed by atoms with Crippen molar-refractivity contribution in [3.8, 4) is 0 Å². The summed E-state index contributed by atoms with van der Waals surface area (Å²) >= 11 is 3.09. The van der Waals surface area contributed by atoms with Gasteiger partial charge in [0.15, 0.2) is 4.34 Å². The molecule has 6 heteroatoms. The largest absolute Gasteiger partial charge is 0.272 e. The van der Waals surface area contributed by atoms with E-state index in [0.717, 1.165) is 39.0 Å². The van der Waals surface area contributed by atoms with Crippen molar-refractivity contribution in [3.63, 3.8) is 0 Å². The predicted molar refractivity (Wildman–Crippen MR) is 93.6 cm³/mol. The Morgan fingerprint density at radius 3 is 2.95 bits per heavy atom. The molecule has 0 bridgehead atoms. The van der Waals surface area contributed by atoms with Crippen molar-refractivity contribution in [1.29, 1.82) is 0 Å². The molecule has 1 N–H and O–H groups in total. The lowest BCUT2D eigenvalue weighted by molar-refractivity contribution is -0.118. The van der Waals surface area contributed by atoms with Crippen LogP contribution in [0.1, 0.15) is 32.6 Å². The summed E-state index contributed by atoms with van der Waals surface area (Å²) in [6, 6.07) is 8.02. The number of nitrogens with one attached hydrogen (secondary N) is 1. The molecule has 1 aromatic heterocycles. The van der Waals surface area contributed by atoms with Gasteiger partial charge in [-0.25, -0.2) is 10.4 Å². The van der Waals surface area contributed by atoms with Crippen LogP contribution in [-0.2, 0) is 4.79 Å². The summed E-state index contributed by atoms with van der Waals surface area (Å²) in [4.78, 5) is 16.4. The molecule has 1 amide bonds. The highest BCUT2D eigenvalue weighted by molar-refractivity contribution is 8.01. The first-order chi connectivity index (χ1) is 10.7. The third kappa shape index (κ3) is 4.08. The summed E-state index contributed by atoms with van der Waals surface area (Å²) in [7, 11) is 0. The third-order valence-electron chi connectivity index (χ3n) is 3.79. The fourth-order valence-corrected chi connectivity index (χ4v) is 4.28. The monoisotopic (exact) mass is 333 g/mol. The second-order valence-corrected chi connectivity index (χ2v) is 7.88. The van der Waals surface area contributed by atoms with Crippen LogP contribution in [-0.4, -0.2) is 22.4 Å². The van der Waals surface area contributed by atoms with Gasteiger partial charge in [0.2, 0.25) is 0 Å². The van der Waals surface area contributed by atoms with Crippen molar-refractivity contribution < 1.29 is 4.79 Å². The van der Waals surface area contributed by atoms with Crippen LogP contribution in [0.3, 0.4) is 0 Å². The molecule has 2 aromatic rings. The number of fused-ring (bicyclic) bond motifs is 1. The maximum Gasteiger partial charge on any atom is 0.250 e. The number of nitrogens with zero attached hydrogens (tertiary/aromatic N) is 2. The fourth-order valence-electron chi connectivity index (χ4n) is 2.42. The van der Waals surface area contributed by atoms with Gasteiger partial charge in [0, 0.05) is 5.71 Å². The lowest BCUT2D eigenvalue weighted by atomic mass is 9.90. The van der Waals surface area contributed by atoms with E-state index in [-0.39, 0.29) is 5.91 Å². The minimum Gasteiger partial charge on any atom is -0.272 e. The molecule has 1 saturated carbocycles. The molecule has 1 heterocycles. The first kappa shape index (κ1) is 15.5. The zero-order valence-electron chi connectivity index (χ0n) is 12.5. The number of carbonyl (C=O) groups excluding carboxylic acids is 1. The summed E-state index contributed by atoms with van der Waals surface area (Å²) in [5.74, 6) is 1.08. The summed E-state index contributed by atoms with van der Waals surface area (Å²) in [6.45, 7) is 2.27. The Balaban J connectivity index is 1.49. The maximum atomic E-state index is 11.9. The molecule has 0 radical (unpaired) electrons. The number of carbonyl (C=O) groups is 1. The van der Waals surface area contributed by atoms with Crippen molar-refractivity contribution in [2.45, 2.75) is 36.9 Å². The van der Waals surface area contributed by atoms with E-state index in [1.54, 1.807) is 11.3 Å². The molecule has 3 rings (SSSR count). The molecule has 0 aliphatic heterocycles. The molecule has 0 unspecified atom stereocenters. The normalized spacial score (nSPS) is 18.4. The van der Waals surface area contributed by atoms with Crippen LogP contribution in [0, 0.1) is 5.92 Å². The predicted octanol–water partition coefficient (Wildman–Crippen LogP) is 4.07. The Morgan fingerprint density at radius 1 is 1.41 bits per heavy atom. The number of rotatable bonds is 4. The van der Waals surface area contributed by atoms with Gasteiger partial charge in [-0.1, -0.05) is 30.8 Å².